The van der Waals surface area contributed by atoms with Crippen molar-refractivity contribution >= 4 is 33.8 Å². The molecule has 1 aromatic carbocycles. The molecule has 1 aliphatic rings. The monoisotopic (exact) mass is 395 g/mol. The summed E-state index contributed by atoms with van der Waals surface area (Å²) in [6.07, 6.45) is 7.05. The summed E-state index contributed by atoms with van der Waals surface area (Å²) in [5.74, 6) is 0.540. The van der Waals surface area contributed by atoms with Crippen LogP contribution in [0.4, 0.5) is 5.69 Å². The minimum absolute atomic E-state index is 0.0452. The van der Waals surface area contributed by atoms with E-state index < -0.39 is 0 Å². The molecule has 5 heteroatoms. The Morgan fingerprint density at radius 1 is 1.25 bits per heavy atom. The molecule has 1 amide bonds. The van der Waals surface area contributed by atoms with E-state index >= 15 is 0 Å². The highest BCUT2D eigenvalue weighted by Gasteiger charge is 2.25. The lowest BCUT2D eigenvalue weighted by Crippen LogP contribution is -2.40. The molecule has 2 aromatic heterocycles. The van der Waals surface area contributed by atoms with Crippen LogP contribution in [0.5, 0.6) is 0 Å². The van der Waals surface area contributed by atoms with E-state index in [9.17, 15) is 4.79 Å². The van der Waals surface area contributed by atoms with Crippen molar-refractivity contribution in [3.63, 3.8) is 0 Å². The van der Waals surface area contributed by atoms with E-state index in [1.807, 2.05) is 22.9 Å². The van der Waals surface area contributed by atoms with Crippen LogP contribution >= 0.6 is 11.3 Å². The van der Waals surface area contributed by atoms with Gasteiger partial charge in [0.1, 0.15) is 0 Å². The molecule has 0 saturated carbocycles. The van der Waals surface area contributed by atoms with Gasteiger partial charge in [-0.25, -0.2) is 0 Å². The Kier molecular flexibility index (Phi) is 5.83. The summed E-state index contributed by atoms with van der Waals surface area (Å²) in [5, 5.41) is 8.08. The molecule has 0 spiro atoms. The fraction of sp³-hybridized carbons (Fsp3) is 0.435. The minimum atomic E-state index is -0.0452. The number of H-pyrrole nitrogens is 1. The maximum Gasteiger partial charge on any atom is 0.256 e. The second-order valence-electron chi connectivity index (χ2n) is 7.75. The van der Waals surface area contributed by atoms with Gasteiger partial charge < -0.3 is 15.2 Å². The minimum Gasteiger partial charge on any atom is -0.361 e. The molecule has 1 aliphatic heterocycles. The molecule has 2 N–H and O–H groups in total. The van der Waals surface area contributed by atoms with Crippen LogP contribution < -0.4 is 5.32 Å². The number of aromatic amines is 1. The van der Waals surface area contributed by atoms with E-state index in [1.165, 1.54) is 61.1 Å². The van der Waals surface area contributed by atoms with Crippen LogP contribution in [0.3, 0.4) is 0 Å². The van der Waals surface area contributed by atoms with Crippen LogP contribution in [0, 0.1) is 0 Å². The molecule has 3 heterocycles. The number of amides is 1. The lowest BCUT2D eigenvalue weighted by Gasteiger charge is -2.37. The molecule has 0 unspecified atom stereocenters. The molecule has 28 heavy (non-hydrogen) atoms. The Hall–Kier alpha value is -2.11. The van der Waals surface area contributed by atoms with Crippen molar-refractivity contribution in [2.24, 2.45) is 0 Å². The van der Waals surface area contributed by atoms with Crippen molar-refractivity contribution in [2.75, 3.05) is 18.4 Å². The normalized spacial score (nSPS) is 16.1. The predicted molar refractivity (Wildman–Crippen MR) is 118 cm³/mol. The Morgan fingerprint density at radius 3 is 2.71 bits per heavy atom. The number of likely N-dealkylation sites (tertiary alicyclic amines) is 1. The van der Waals surface area contributed by atoms with Crippen LogP contribution in [-0.4, -0.2) is 34.9 Å². The maximum absolute atomic E-state index is 12.4. The smallest absolute Gasteiger partial charge is 0.256 e. The van der Waals surface area contributed by atoms with Crippen molar-refractivity contribution in [3.05, 3.63) is 52.3 Å². The van der Waals surface area contributed by atoms with Gasteiger partial charge >= 0.3 is 0 Å². The van der Waals surface area contributed by atoms with Gasteiger partial charge in [0.2, 0.25) is 0 Å². The lowest BCUT2D eigenvalue weighted by molar-refractivity contribution is 0.102. The number of piperidine rings is 1. The standard InChI is InChI=1S/C23H29N3OS/c1-3-19(4-2)26-10-7-16(8-11-26)21-14-24-22-6-5-18(13-20(21)22)25-23(27)17-9-12-28-15-17/h5-6,9,12-16,19,24H,3-4,7-8,10-11H2,1-2H3,(H,25,27). The molecule has 148 valence electrons. The summed E-state index contributed by atoms with van der Waals surface area (Å²) in [5.41, 5.74) is 4.11. The maximum atomic E-state index is 12.4. The number of thiophene rings is 1. The zero-order chi connectivity index (χ0) is 19.5. The first-order chi connectivity index (χ1) is 13.7. The van der Waals surface area contributed by atoms with Crippen molar-refractivity contribution in [3.8, 4) is 0 Å². The van der Waals surface area contributed by atoms with E-state index in [1.54, 1.807) is 0 Å². The lowest BCUT2D eigenvalue weighted by atomic mass is 9.88. The molecular formula is C23H29N3OS. The largest absolute Gasteiger partial charge is 0.361 e. The van der Waals surface area contributed by atoms with E-state index in [2.05, 4.69) is 47.4 Å². The van der Waals surface area contributed by atoms with Crippen molar-refractivity contribution in [2.45, 2.75) is 51.5 Å². The summed E-state index contributed by atoms with van der Waals surface area (Å²) >= 11 is 1.54. The van der Waals surface area contributed by atoms with E-state index in [0.29, 0.717) is 11.5 Å². The van der Waals surface area contributed by atoms with Crippen LogP contribution in [0.1, 0.15) is 61.4 Å². The molecule has 0 radical (unpaired) electrons. The summed E-state index contributed by atoms with van der Waals surface area (Å²) in [6, 6.07) is 8.75. The van der Waals surface area contributed by atoms with Gasteiger partial charge in [-0.15, -0.1) is 0 Å². The SMILES string of the molecule is CCC(CC)N1CCC(c2c[nH]c3ccc(NC(=O)c4ccsc4)cc23)CC1. The molecule has 4 rings (SSSR count). The summed E-state index contributed by atoms with van der Waals surface area (Å²) in [7, 11) is 0. The molecule has 0 aliphatic carbocycles. The third-order valence-electron chi connectivity index (χ3n) is 6.18. The number of fused-ring (bicyclic) bond motifs is 1. The number of carbonyl (C=O) groups is 1. The number of anilines is 1. The highest BCUT2D eigenvalue weighted by Crippen LogP contribution is 2.35. The highest BCUT2D eigenvalue weighted by molar-refractivity contribution is 7.08. The summed E-state index contributed by atoms with van der Waals surface area (Å²) < 4.78 is 0. The Balaban J connectivity index is 1.50. The molecular weight excluding hydrogens is 366 g/mol. The Bertz CT molecular complexity index is 919. The molecule has 3 aromatic rings. The summed E-state index contributed by atoms with van der Waals surface area (Å²) in [6.45, 7) is 6.95. The first-order valence-electron chi connectivity index (χ1n) is 10.4. The van der Waals surface area contributed by atoms with Crippen LogP contribution in [0.2, 0.25) is 0 Å². The van der Waals surface area contributed by atoms with Gasteiger partial charge in [0.25, 0.3) is 5.91 Å². The first kappa shape index (κ1) is 19.2. The summed E-state index contributed by atoms with van der Waals surface area (Å²) in [4.78, 5) is 18.5. The van der Waals surface area contributed by atoms with Gasteiger partial charge in [-0.05, 0) is 79.9 Å². The number of hydrogen-bond donors (Lipinski definition) is 2. The van der Waals surface area contributed by atoms with Gasteiger partial charge in [0.05, 0.1) is 5.56 Å². The molecule has 1 fully saturated rings. The molecule has 0 atom stereocenters. The van der Waals surface area contributed by atoms with Gasteiger partial charge in [0.15, 0.2) is 0 Å². The second kappa shape index (κ2) is 8.50. The number of rotatable bonds is 6. The van der Waals surface area contributed by atoms with Crippen LogP contribution in [-0.2, 0) is 0 Å². The van der Waals surface area contributed by atoms with Gasteiger partial charge in [-0.1, -0.05) is 13.8 Å². The first-order valence-corrected chi connectivity index (χ1v) is 11.3. The quantitative estimate of drug-likeness (QED) is 0.550. The predicted octanol–water partition coefficient (Wildman–Crippen LogP) is 5.85. The third-order valence-corrected chi connectivity index (χ3v) is 6.87. The van der Waals surface area contributed by atoms with Gasteiger partial charge in [0, 0.05) is 34.2 Å². The van der Waals surface area contributed by atoms with Crippen molar-refractivity contribution in [1.29, 1.82) is 0 Å². The second-order valence-corrected chi connectivity index (χ2v) is 8.53. The number of nitrogens with one attached hydrogen (secondary N) is 2. The van der Waals surface area contributed by atoms with Gasteiger partial charge in [-0.3, -0.25) is 4.79 Å². The van der Waals surface area contributed by atoms with E-state index in [-0.39, 0.29) is 5.91 Å². The molecule has 4 nitrogen and oxygen atoms in total. The molecule has 1 saturated heterocycles. The third kappa shape index (κ3) is 3.87. The Labute approximate surface area is 170 Å². The van der Waals surface area contributed by atoms with Crippen molar-refractivity contribution in [1.82, 2.24) is 9.88 Å². The van der Waals surface area contributed by atoms with Gasteiger partial charge in [-0.2, -0.15) is 11.3 Å². The fourth-order valence-electron chi connectivity index (χ4n) is 4.54. The number of benzene rings is 1. The average Bonchev–Trinajstić information content (AvgIpc) is 3.39. The van der Waals surface area contributed by atoms with E-state index in [0.717, 1.165) is 17.2 Å². The van der Waals surface area contributed by atoms with E-state index in [4.69, 9.17) is 0 Å². The topological polar surface area (TPSA) is 48.1 Å². The molecule has 0 bridgehead atoms. The number of aromatic nitrogens is 1. The average molecular weight is 396 g/mol. The number of carbonyl (C=O) groups excluding carboxylic acids is 1. The fourth-order valence-corrected chi connectivity index (χ4v) is 5.17. The zero-order valence-corrected chi connectivity index (χ0v) is 17.5. The van der Waals surface area contributed by atoms with Crippen molar-refractivity contribution < 1.29 is 4.79 Å². The Morgan fingerprint density at radius 2 is 2.04 bits per heavy atom. The highest BCUT2D eigenvalue weighted by atomic mass is 32.1. The number of hydrogen-bond acceptors (Lipinski definition) is 3. The van der Waals surface area contributed by atoms with Crippen LogP contribution in [0.15, 0.2) is 41.2 Å². The van der Waals surface area contributed by atoms with Crippen LogP contribution in [0.25, 0.3) is 10.9 Å². The zero-order valence-electron chi connectivity index (χ0n) is 16.7. The number of nitrogens with zero attached hydrogens (tertiary/aromatic N) is 1.